The molecule has 0 bridgehead atoms. The number of thiophene rings is 2. The average molecular weight is 694 g/mol. The van der Waals surface area contributed by atoms with Crippen molar-refractivity contribution in [3.63, 3.8) is 0 Å². The second kappa shape index (κ2) is 14.1. The zero-order chi connectivity index (χ0) is 35.0. The quantitative estimate of drug-likeness (QED) is 0.227. The molecule has 0 spiro atoms. The van der Waals surface area contributed by atoms with Crippen LogP contribution >= 0.6 is 22.7 Å². The highest BCUT2D eigenvalue weighted by Gasteiger charge is 2.36. The van der Waals surface area contributed by atoms with E-state index in [9.17, 15) is 19.2 Å². The fourth-order valence-electron chi connectivity index (χ4n) is 6.69. The van der Waals surface area contributed by atoms with Crippen LogP contribution < -0.4 is 10.6 Å². The van der Waals surface area contributed by atoms with E-state index >= 15 is 0 Å². The number of amides is 2. The van der Waals surface area contributed by atoms with Crippen LogP contribution in [0.1, 0.15) is 131 Å². The number of nitrogens with one attached hydrogen (secondary N) is 2. The Balaban J connectivity index is 1.39. The molecule has 0 saturated carbocycles. The number of esters is 2. The Morgan fingerprint density at radius 1 is 0.729 bits per heavy atom. The number of hydrogen-bond donors (Lipinski definition) is 2. The van der Waals surface area contributed by atoms with Gasteiger partial charge in [0.25, 0.3) is 11.8 Å². The van der Waals surface area contributed by atoms with Gasteiger partial charge in [0.15, 0.2) is 0 Å². The SMILES string of the molecule is CCOC(=O)c1c(NC(=O)c2cccc(C(=O)Nc3sc4c(c3C(=O)OCC)CCC(C(C)(C)C)C4)n2)sc2c1CCC(C(C)(C)C)C2. The highest BCUT2D eigenvalue weighted by molar-refractivity contribution is 7.17. The summed E-state index contributed by atoms with van der Waals surface area (Å²) in [5.74, 6) is -1.06. The monoisotopic (exact) mass is 693 g/mol. The number of rotatable bonds is 8. The Hall–Kier alpha value is -3.57. The number of nitrogens with zero attached hydrogens (tertiary/aromatic N) is 1. The van der Waals surface area contributed by atoms with Crippen LogP contribution in [-0.2, 0) is 35.2 Å². The lowest BCUT2D eigenvalue weighted by molar-refractivity contribution is 0.0516. The van der Waals surface area contributed by atoms with Crippen LogP contribution in [0.5, 0.6) is 0 Å². The number of anilines is 2. The Bertz CT molecular complexity index is 1600. The number of ether oxygens (including phenoxy) is 2. The van der Waals surface area contributed by atoms with Gasteiger partial charge in [-0.3, -0.25) is 9.59 Å². The molecule has 2 amide bonds. The van der Waals surface area contributed by atoms with E-state index in [4.69, 9.17) is 9.47 Å². The predicted octanol–water partition coefficient (Wildman–Crippen LogP) is 8.36. The standard InChI is InChI=1S/C37H47N3O6S2/c1-9-45-34(43)28-22-16-14-20(36(3,4)5)18-26(22)47-32(28)39-30(41)24-12-11-13-25(38-24)31(42)40-33-29(35(44)46-10-2)23-17-15-21(37(6,7)8)19-27(23)48-33/h11-13,20-21H,9-10,14-19H2,1-8H3,(H,39,41)(H,40,42). The Kier molecular flexibility index (Phi) is 10.5. The summed E-state index contributed by atoms with van der Waals surface area (Å²) in [6, 6.07) is 4.65. The molecule has 11 heteroatoms. The Morgan fingerprint density at radius 3 is 1.48 bits per heavy atom. The molecule has 0 fully saturated rings. The smallest absolute Gasteiger partial charge is 0.341 e. The second-order valence-corrected chi connectivity index (χ2v) is 17.0. The largest absolute Gasteiger partial charge is 0.462 e. The van der Waals surface area contributed by atoms with E-state index in [1.165, 1.54) is 34.8 Å². The number of pyridine rings is 1. The minimum Gasteiger partial charge on any atom is -0.462 e. The molecule has 0 radical (unpaired) electrons. The molecule has 5 rings (SSSR count). The minimum atomic E-state index is -0.534. The topological polar surface area (TPSA) is 124 Å². The molecule has 0 aromatic carbocycles. The molecule has 2 atom stereocenters. The highest BCUT2D eigenvalue weighted by Crippen LogP contribution is 2.46. The van der Waals surface area contributed by atoms with Crippen LogP contribution in [0.25, 0.3) is 0 Å². The van der Waals surface area contributed by atoms with Crippen LogP contribution in [0.15, 0.2) is 18.2 Å². The number of aromatic nitrogens is 1. The molecule has 3 heterocycles. The van der Waals surface area contributed by atoms with Gasteiger partial charge in [-0.1, -0.05) is 47.6 Å². The fraction of sp³-hybridized carbons (Fsp3) is 0.541. The van der Waals surface area contributed by atoms with E-state index < -0.39 is 23.8 Å². The van der Waals surface area contributed by atoms with Crippen molar-refractivity contribution in [3.05, 3.63) is 61.6 Å². The first-order valence-corrected chi connectivity index (χ1v) is 18.5. The molecule has 0 aliphatic heterocycles. The summed E-state index contributed by atoms with van der Waals surface area (Å²) < 4.78 is 10.8. The van der Waals surface area contributed by atoms with Crippen LogP contribution in [0.2, 0.25) is 0 Å². The van der Waals surface area contributed by atoms with Crippen molar-refractivity contribution in [1.82, 2.24) is 4.98 Å². The minimum absolute atomic E-state index is 0.0282. The van der Waals surface area contributed by atoms with Gasteiger partial charge in [0.1, 0.15) is 21.4 Å². The molecule has 3 aromatic rings. The van der Waals surface area contributed by atoms with Crippen molar-refractivity contribution < 1.29 is 28.7 Å². The number of hydrogen-bond acceptors (Lipinski definition) is 9. The molecular weight excluding hydrogens is 647 g/mol. The van der Waals surface area contributed by atoms with E-state index in [2.05, 4.69) is 57.2 Å². The van der Waals surface area contributed by atoms with Gasteiger partial charge in [-0.15, -0.1) is 22.7 Å². The summed E-state index contributed by atoms with van der Waals surface area (Å²) in [6.07, 6.45) is 5.04. The molecule has 2 N–H and O–H groups in total. The molecule has 3 aromatic heterocycles. The maximum atomic E-state index is 13.6. The first kappa shape index (κ1) is 35.7. The van der Waals surface area contributed by atoms with E-state index in [-0.39, 0.29) is 35.4 Å². The molecule has 2 aliphatic rings. The number of fused-ring (bicyclic) bond motifs is 2. The van der Waals surface area contributed by atoms with Gasteiger partial charge in [0.2, 0.25) is 0 Å². The summed E-state index contributed by atoms with van der Waals surface area (Å²) in [5, 5.41) is 6.68. The molecule has 0 saturated heterocycles. The first-order chi connectivity index (χ1) is 22.6. The molecule has 2 aliphatic carbocycles. The lowest BCUT2D eigenvalue weighted by Crippen LogP contribution is -2.26. The summed E-state index contributed by atoms with van der Waals surface area (Å²) in [7, 11) is 0. The lowest BCUT2D eigenvalue weighted by atomic mass is 9.72. The van der Waals surface area contributed by atoms with Crippen molar-refractivity contribution in [2.75, 3.05) is 23.8 Å². The third-order valence-corrected chi connectivity index (χ3v) is 11.9. The van der Waals surface area contributed by atoms with Crippen LogP contribution in [0.4, 0.5) is 10.0 Å². The third kappa shape index (κ3) is 7.52. The maximum absolute atomic E-state index is 13.6. The highest BCUT2D eigenvalue weighted by atomic mass is 32.1. The summed E-state index contributed by atoms with van der Waals surface area (Å²) in [6.45, 7) is 17.3. The lowest BCUT2D eigenvalue weighted by Gasteiger charge is -2.33. The molecular formula is C37H47N3O6S2. The van der Waals surface area contributed by atoms with Crippen molar-refractivity contribution in [1.29, 1.82) is 0 Å². The summed E-state index contributed by atoms with van der Waals surface area (Å²) in [5.41, 5.74) is 3.01. The van der Waals surface area contributed by atoms with Gasteiger partial charge in [-0.25, -0.2) is 14.6 Å². The van der Waals surface area contributed by atoms with Crippen LogP contribution in [0.3, 0.4) is 0 Å². The van der Waals surface area contributed by atoms with Crippen LogP contribution in [0, 0.1) is 22.7 Å². The summed E-state index contributed by atoms with van der Waals surface area (Å²) >= 11 is 2.82. The van der Waals surface area contributed by atoms with E-state index in [1.807, 2.05) is 0 Å². The van der Waals surface area contributed by atoms with E-state index in [0.29, 0.717) is 33.0 Å². The van der Waals surface area contributed by atoms with Gasteiger partial charge in [-0.05, 0) is 98.3 Å². The third-order valence-electron chi connectivity index (χ3n) is 9.61. The van der Waals surface area contributed by atoms with Crippen molar-refractivity contribution in [3.8, 4) is 0 Å². The van der Waals surface area contributed by atoms with Gasteiger partial charge in [0, 0.05) is 9.75 Å². The molecule has 258 valence electrons. The molecule has 48 heavy (non-hydrogen) atoms. The van der Waals surface area contributed by atoms with E-state index in [0.717, 1.165) is 59.4 Å². The number of carbonyl (C=O) groups excluding carboxylic acids is 4. The normalized spacial score (nSPS) is 17.6. The van der Waals surface area contributed by atoms with E-state index in [1.54, 1.807) is 19.9 Å². The van der Waals surface area contributed by atoms with Crippen molar-refractivity contribution in [2.24, 2.45) is 22.7 Å². The Morgan fingerprint density at radius 2 is 1.12 bits per heavy atom. The Labute approximate surface area is 291 Å². The van der Waals surface area contributed by atoms with Gasteiger partial charge in [0.05, 0.1) is 24.3 Å². The summed E-state index contributed by atoms with van der Waals surface area (Å²) in [4.78, 5) is 59.9. The van der Waals surface area contributed by atoms with Gasteiger partial charge >= 0.3 is 11.9 Å². The zero-order valence-electron chi connectivity index (χ0n) is 29.3. The van der Waals surface area contributed by atoms with Crippen molar-refractivity contribution in [2.45, 2.75) is 93.9 Å². The van der Waals surface area contributed by atoms with Gasteiger partial charge < -0.3 is 20.1 Å². The average Bonchev–Trinajstić information content (AvgIpc) is 3.57. The number of carbonyl (C=O) groups is 4. The predicted molar refractivity (Wildman–Crippen MR) is 191 cm³/mol. The maximum Gasteiger partial charge on any atom is 0.341 e. The second-order valence-electron chi connectivity index (χ2n) is 14.8. The molecule has 2 unspecified atom stereocenters. The zero-order valence-corrected chi connectivity index (χ0v) is 30.9. The van der Waals surface area contributed by atoms with Crippen LogP contribution in [-0.4, -0.2) is 42.0 Å². The van der Waals surface area contributed by atoms with Gasteiger partial charge in [-0.2, -0.15) is 0 Å². The molecule has 9 nitrogen and oxygen atoms in total. The van der Waals surface area contributed by atoms with Crippen molar-refractivity contribution >= 4 is 56.4 Å². The first-order valence-electron chi connectivity index (χ1n) is 16.8. The fourth-order valence-corrected chi connectivity index (χ4v) is 9.31.